The van der Waals surface area contributed by atoms with Crippen molar-refractivity contribution in [3.63, 3.8) is 0 Å². The molecule has 0 unspecified atom stereocenters. The Morgan fingerprint density at radius 1 is 1.14 bits per heavy atom. The molecule has 3 rings (SSSR count). The van der Waals surface area contributed by atoms with Gasteiger partial charge in [-0.15, -0.1) is 0 Å². The third-order valence-electron chi connectivity index (χ3n) is 3.95. The highest BCUT2D eigenvalue weighted by Gasteiger charge is 2.15. The van der Waals surface area contributed by atoms with Gasteiger partial charge in [-0.3, -0.25) is 4.79 Å². The van der Waals surface area contributed by atoms with Crippen molar-refractivity contribution < 1.29 is 19.7 Å². The molecule has 1 amide bonds. The van der Waals surface area contributed by atoms with Crippen LogP contribution >= 0.6 is 31.9 Å². The highest BCUT2D eigenvalue weighted by atomic mass is 79.9. The minimum Gasteiger partial charge on any atom is -0.507 e. The second-order valence-electron chi connectivity index (χ2n) is 5.79. The Balaban J connectivity index is 1.83. The van der Waals surface area contributed by atoms with Crippen molar-refractivity contribution in [2.45, 2.75) is 6.92 Å². The van der Waals surface area contributed by atoms with Gasteiger partial charge in [0.25, 0.3) is 5.91 Å². The molecular weight excluding hydrogens is 492 g/mol. The van der Waals surface area contributed by atoms with Gasteiger partial charge in [-0.25, -0.2) is 5.43 Å². The molecule has 3 N–H and O–H groups in total. The highest BCUT2D eigenvalue weighted by Crippen LogP contribution is 2.41. The van der Waals surface area contributed by atoms with E-state index in [0.717, 1.165) is 10.8 Å². The fourth-order valence-electron chi connectivity index (χ4n) is 2.60. The largest absolute Gasteiger partial charge is 0.507 e. The number of halogens is 2. The van der Waals surface area contributed by atoms with Crippen LogP contribution in [0.3, 0.4) is 0 Å². The van der Waals surface area contributed by atoms with E-state index in [2.05, 4.69) is 42.4 Å². The van der Waals surface area contributed by atoms with Crippen molar-refractivity contribution in [3.05, 3.63) is 62.5 Å². The Bertz CT molecular complexity index is 1080. The lowest BCUT2D eigenvalue weighted by Gasteiger charge is -2.11. The van der Waals surface area contributed by atoms with Crippen molar-refractivity contribution >= 4 is 54.8 Å². The van der Waals surface area contributed by atoms with E-state index in [1.165, 1.54) is 12.3 Å². The lowest BCUT2D eigenvalue weighted by atomic mass is 10.1. The number of benzene rings is 3. The topological polar surface area (TPSA) is 91.2 Å². The number of nitrogens with zero attached hydrogens (tertiary/aromatic N) is 1. The molecule has 0 aliphatic rings. The van der Waals surface area contributed by atoms with Gasteiger partial charge in [-0.2, -0.15) is 5.10 Å². The number of amides is 1. The van der Waals surface area contributed by atoms with E-state index in [1.807, 2.05) is 24.3 Å². The lowest BCUT2D eigenvalue weighted by molar-refractivity contribution is 0.0952. The van der Waals surface area contributed by atoms with Gasteiger partial charge in [0.2, 0.25) is 0 Å². The van der Waals surface area contributed by atoms with Crippen LogP contribution in [0.5, 0.6) is 17.2 Å². The van der Waals surface area contributed by atoms with Crippen LogP contribution in [0.1, 0.15) is 22.8 Å². The van der Waals surface area contributed by atoms with Crippen molar-refractivity contribution in [3.8, 4) is 17.2 Å². The monoisotopic (exact) mass is 506 g/mol. The number of hydrazone groups is 1. The summed E-state index contributed by atoms with van der Waals surface area (Å²) in [5.41, 5.74) is 3.10. The summed E-state index contributed by atoms with van der Waals surface area (Å²) in [7, 11) is 0. The molecule has 0 aliphatic carbocycles. The molecule has 0 bridgehead atoms. The number of carbonyl (C=O) groups is 1. The van der Waals surface area contributed by atoms with E-state index >= 15 is 0 Å². The summed E-state index contributed by atoms with van der Waals surface area (Å²) in [6, 6.07) is 12.2. The SMILES string of the molecule is CCOc1cc(C=NNC(=O)c2cc3ccccc3cc2O)c(Br)c(Br)c1O. The first-order valence-corrected chi connectivity index (χ1v) is 9.90. The standard InChI is InChI=1S/C20H16Br2N2O4/c1-2-28-16-9-13(17(21)18(22)19(16)26)10-23-24-20(27)14-7-11-5-3-4-6-12(11)8-15(14)25/h3-10,25-26H,2H2,1H3,(H,24,27). The second kappa shape index (κ2) is 8.62. The summed E-state index contributed by atoms with van der Waals surface area (Å²) in [5.74, 6) is -0.411. The van der Waals surface area contributed by atoms with E-state index in [9.17, 15) is 15.0 Å². The number of rotatable bonds is 5. The molecule has 28 heavy (non-hydrogen) atoms. The van der Waals surface area contributed by atoms with Gasteiger partial charge < -0.3 is 14.9 Å². The fraction of sp³-hybridized carbons (Fsp3) is 0.100. The third-order valence-corrected chi connectivity index (χ3v) is 6.11. The van der Waals surface area contributed by atoms with Crippen LogP contribution < -0.4 is 10.2 Å². The number of phenols is 2. The minimum absolute atomic E-state index is 0.0315. The molecule has 0 spiro atoms. The van der Waals surface area contributed by atoms with Gasteiger partial charge in [0.15, 0.2) is 11.5 Å². The lowest BCUT2D eigenvalue weighted by Crippen LogP contribution is -2.17. The molecule has 6 nitrogen and oxygen atoms in total. The molecule has 0 fully saturated rings. The fourth-order valence-corrected chi connectivity index (χ4v) is 3.43. The summed E-state index contributed by atoms with van der Waals surface area (Å²) in [4.78, 5) is 12.4. The minimum atomic E-state index is -0.543. The van der Waals surface area contributed by atoms with Gasteiger partial charge >= 0.3 is 0 Å². The van der Waals surface area contributed by atoms with Gasteiger partial charge in [-0.05, 0) is 67.8 Å². The third kappa shape index (κ3) is 4.13. The van der Waals surface area contributed by atoms with Crippen molar-refractivity contribution in [1.82, 2.24) is 5.43 Å². The summed E-state index contributed by atoms with van der Waals surface area (Å²) in [5, 5.41) is 25.8. The highest BCUT2D eigenvalue weighted by molar-refractivity contribution is 9.13. The van der Waals surface area contributed by atoms with E-state index in [-0.39, 0.29) is 22.8 Å². The Morgan fingerprint density at radius 2 is 1.82 bits per heavy atom. The summed E-state index contributed by atoms with van der Waals surface area (Å²) in [6.07, 6.45) is 1.41. The average molecular weight is 508 g/mol. The van der Waals surface area contributed by atoms with Crippen LogP contribution in [0.2, 0.25) is 0 Å². The van der Waals surface area contributed by atoms with Crippen LogP contribution in [-0.4, -0.2) is 28.9 Å². The number of carbonyl (C=O) groups excluding carboxylic acids is 1. The maximum absolute atomic E-state index is 12.4. The zero-order valence-corrected chi connectivity index (χ0v) is 17.9. The molecule has 144 valence electrons. The maximum Gasteiger partial charge on any atom is 0.275 e. The number of phenolic OH excluding ortho intramolecular Hbond substituents is 2. The number of fused-ring (bicyclic) bond motifs is 1. The normalized spacial score (nSPS) is 11.1. The van der Waals surface area contributed by atoms with E-state index in [4.69, 9.17) is 4.74 Å². The average Bonchev–Trinajstić information content (AvgIpc) is 2.69. The first-order chi connectivity index (χ1) is 13.4. The molecule has 8 heteroatoms. The number of nitrogens with one attached hydrogen (secondary N) is 1. The molecule has 3 aromatic rings. The molecule has 3 aromatic carbocycles. The van der Waals surface area contributed by atoms with Gasteiger partial charge in [0.1, 0.15) is 5.75 Å². The van der Waals surface area contributed by atoms with Crippen LogP contribution in [0, 0.1) is 0 Å². The quantitative estimate of drug-likeness (QED) is 0.337. The molecule has 0 saturated heterocycles. The summed E-state index contributed by atoms with van der Waals surface area (Å²) in [6.45, 7) is 2.19. The van der Waals surface area contributed by atoms with E-state index in [0.29, 0.717) is 21.1 Å². The number of ether oxygens (including phenoxy) is 1. The first kappa shape index (κ1) is 20.2. The Morgan fingerprint density at radius 3 is 2.50 bits per heavy atom. The number of hydrogen-bond donors (Lipinski definition) is 3. The molecule has 0 aliphatic heterocycles. The summed E-state index contributed by atoms with van der Waals surface area (Å²) < 4.78 is 6.35. The van der Waals surface area contributed by atoms with E-state index in [1.54, 1.807) is 19.1 Å². The van der Waals surface area contributed by atoms with Crippen molar-refractivity contribution in [1.29, 1.82) is 0 Å². The van der Waals surface area contributed by atoms with Crippen LogP contribution in [0.4, 0.5) is 0 Å². The van der Waals surface area contributed by atoms with Gasteiger partial charge in [-0.1, -0.05) is 24.3 Å². The van der Waals surface area contributed by atoms with Crippen LogP contribution in [0.25, 0.3) is 10.8 Å². The van der Waals surface area contributed by atoms with Gasteiger partial charge in [0, 0.05) is 10.0 Å². The maximum atomic E-state index is 12.4. The van der Waals surface area contributed by atoms with Crippen molar-refractivity contribution in [2.24, 2.45) is 5.10 Å². The predicted molar refractivity (Wildman–Crippen MR) is 115 cm³/mol. The van der Waals surface area contributed by atoms with E-state index < -0.39 is 5.91 Å². The Kier molecular flexibility index (Phi) is 6.21. The predicted octanol–water partition coefficient (Wildman–Crippen LogP) is 4.94. The van der Waals surface area contributed by atoms with Crippen LogP contribution in [-0.2, 0) is 0 Å². The molecule has 0 saturated carbocycles. The number of aromatic hydroxyl groups is 2. The Labute approximate surface area is 178 Å². The molecule has 0 atom stereocenters. The first-order valence-electron chi connectivity index (χ1n) is 8.31. The second-order valence-corrected chi connectivity index (χ2v) is 7.38. The molecule has 0 aromatic heterocycles. The summed E-state index contributed by atoms with van der Waals surface area (Å²) >= 11 is 6.64. The Hall–Kier alpha value is -2.58. The zero-order valence-electron chi connectivity index (χ0n) is 14.7. The molecular formula is C20H16Br2N2O4. The van der Waals surface area contributed by atoms with Crippen molar-refractivity contribution in [2.75, 3.05) is 6.61 Å². The molecule has 0 heterocycles. The smallest absolute Gasteiger partial charge is 0.275 e. The molecule has 0 radical (unpaired) electrons. The van der Waals surface area contributed by atoms with Crippen LogP contribution in [0.15, 0.2) is 56.5 Å². The number of hydrogen-bond acceptors (Lipinski definition) is 5. The zero-order chi connectivity index (χ0) is 20.3. The van der Waals surface area contributed by atoms with Gasteiger partial charge in [0.05, 0.1) is 22.9 Å².